The highest BCUT2D eigenvalue weighted by Gasteiger charge is 2.26. The van der Waals surface area contributed by atoms with E-state index in [-0.39, 0.29) is 11.7 Å². The van der Waals surface area contributed by atoms with Gasteiger partial charge in [0.2, 0.25) is 0 Å². The number of benzene rings is 2. The second-order valence-electron chi connectivity index (χ2n) is 7.13. The van der Waals surface area contributed by atoms with Crippen molar-refractivity contribution in [2.45, 2.75) is 13.8 Å². The lowest BCUT2D eigenvalue weighted by Crippen LogP contribution is -2.49. The van der Waals surface area contributed by atoms with E-state index in [1.165, 1.54) is 28.1 Å². The number of hydrogen-bond acceptors (Lipinski definition) is 3. The van der Waals surface area contributed by atoms with Crippen molar-refractivity contribution >= 4 is 11.6 Å². The number of rotatable bonds is 3. The smallest absolute Gasteiger partial charge is 0.272 e. The Hall–Kier alpha value is -3.15. The van der Waals surface area contributed by atoms with E-state index in [1.54, 1.807) is 18.2 Å². The van der Waals surface area contributed by atoms with E-state index in [9.17, 15) is 9.18 Å². The molecule has 0 saturated carbocycles. The number of aromatic nitrogens is 2. The molecule has 0 bridgehead atoms. The van der Waals surface area contributed by atoms with E-state index in [2.05, 4.69) is 29.1 Å². The molecule has 0 aliphatic carbocycles. The second-order valence-corrected chi connectivity index (χ2v) is 7.13. The third-order valence-corrected chi connectivity index (χ3v) is 5.13. The Bertz CT molecular complexity index is 1010. The number of halogens is 1. The number of para-hydroxylation sites is 1. The highest BCUT2D eigenvalue weighted by Crippen LogP contribution is 2.22. The molecule has 3 aromatic rings. The topological polar surface area (TPSA) is 41.4 Å². The van der Waals surface area contributed by atoms with E-state index in [1.807, 2.05) is 24.0 Å². The molecular weight excluding hydrogens is 355 g/mol. The number of piperazine rings is 1. The van der Waals surface area contributed by atoms with E-state index in [4.69, 9.17) is 0 Å². The molecule has 6 heteroatoms. The van der Waals surface area contributed by atoms with Crippen molar-refractivity contribution in [3.05, 3.63) is 77.4 Å². The van der Waals surface area contributed by atoms with Gasteiger partial charge in [0.25, 0.3) is 5.91 Å². The van der Waals surface area contributed by atoms with Crippen LogP contribution in [0.2, 0.25) is 0 Å². The monoisotopic (exact) mass is 378 g/mol. The molecule has 0 atom stereocenters. The summed E-state index contributed by atoms with van der Waals surface area (Å²) in [6.07, 6.45) is 0. The Labute approximate surface area is 164 Å². The van der Waals surface area contributed by atoms with Crippen molar-refractivity contribution in [3.8, 4) is 5.69 Å². The maximum Gasteiger partial charge on any atom is 0.272 e. The summed E-state index contributed by atoms with van der Waals surface area (Å²) in [5, 5.41) is 4.40. The predicted octanol–water partition coefficient (Wildman–Crippen LogP) is 3.59. The fourth-order valence-corrected chi connectivity index (χ4v) is 3.69. The summed E-state index contributed by atoms with van der Waals surface area (Å²) in [6.45, 7) is 6.78. The second kappa shape index (κ2) is 7.46. The van der Waals surface area contributed by atoms with Gasteiger partial charge in [-0.2, -0.15) is 5.10 Å². The first-order valence-electron chi connectivity index (χ1n) is 9.45. The maximum atomic E-state index is 13.6. The Morgan fingerprint density at radius 3 is 2.43 bits per heavy atom. The molecule has 2 aromatic carbocycles. The van der Waals surface area contributed by atoms with Crippen molar-refractivity contribution < 1.29 is 9.18 Å². The van der Waals surface area contributed by atoms with Crippen molar-refractivity contribution in [2.24, 2.45) is 0 Å². The largest absolute Gasteiger partial charge is 0.368 e. The molecule has 0 radical (unpaired) electrons. The highest BCUT2D eigenvalue weighted by molar-refractivity contribution is 5.93. The number of carbonyl (C=O) groups is 1. The fourth-order valence-electron chi connectivity index (χ4n) is 3.69. The number of carbonyl (C=O) groups excluding carboxylic acids is 1. The number of anilines is 1. The Balaban J connectivity index is 1.53. The lowest BCUT2D eigenvalue weighted by atomic mass is 10.1. The first-order valence-corrected chi connectivity index (χ1v) is 9.45. The van der Waals surface area contributed by atoms with Crippen LogP contribution >= 0.6 is 0 Å². The van der Waals surface area contributed by atoms with E-state index >= 15 is 0 Å². The van der Waals surface area contributed by atoms with Gasteiger partial charge in [-0.3, -0.25) is 4.79 Å². The average Bonchev–Trinajstić information content (AvgIpc) is 3.10. The van der Waals surface area contributed by atoms with E-state index in [0.717, 1.165) is 18.8 Å². The van der Waals surface area contributed by atoms with Crippen LogP contribution in [0.4, 0.5) is 10.1 Å². The fraction of sp³-hybridized carbons (Fsp3) is 0.273. The van der Waals surface area contributed by atoms with Gasteiger partial charge >= 0.3 is 0 Å². The molecule has 1 amide bonds. The van der Waals surface area contributed by atoms with Crippen LogP contribution in [-0.2, 0) is 0 Å². The summed E-state index contributed by atoms with van der Waals surface area (Å²) in [4.78, 5) is 17.3. The van der Waals surface area contributed by atoms with Gasteiger partial charge in [-0.05, 0) is 49.7 Å². The third-order valence-electron chi connectivity index (χ3n) is 5.13. The van der Waals surface area contributed by atoms with Crippen molar-refractivity contribution in [3.63, 3.8) is 0 Å². The molecule has 28 heavy (non-hydrogen) atoms. The Morgan fingerprint density at radius 2 is 1.71 bits per heavy atom. The predicted molar refractivity (Wildman–Crippen MR) is 108 cm³/mol. The minimum absolute atomic E-state index is 0.0747. The van der Waals surface area contributed by atoms with E-state index in [0.29, 0.717) is 24.5 Å². The SMILES string of the molecule is Cc1cc(C(=O)N2CCN(c3ccccc3C)CC2)n(-c2cccc(F)c2)n1. The van der Waals surface area contributed by atoms with Crippen LogP contribution in [0.25, 0.3) is 5.69 Å². The highest BCUT2D eigenvalue weighted by atomic mass is 19.1. The Morgan fingerprint density at radius 1 is 0.964 bits per heavy atom. The van der Waals surface area contributed by atoms with Gasteiger partial charge in [-0.1, -0.05) is 24.3 Å². The molecule has 0 unspecified atom stereocenters. The van der Waals surface area contributed by atoms with Crippen molar-refractivity contribution in [1.29, 1.82) is 0 Å². The lowest BCUT2D eigenvalue weighted by molar-refractivity contribution is 0.0737. The van der Waals surface area contributed by atoms with Crippen LogP contribution in [0.15, 0.2) is 54.6 Å². The van der Waals surface area contributed by atoms with Crippen LogP contribution in [-0.4, -0.2) is 46.8 Å². The zero-order chi connectivity index (χ0) is 19.7. The molecule has 1 aliphatic heterocycles. The van der Waals surface area contributed by atoms with Gasteiger partial charge < -0.3 is 9.80 Å². The molecule has 1 fully saturated rings. The standard InChI is InChI=1S/C22H23FN4O/c1-16-6-3-4-9-20(16)25-10-12-26(13-11-25)22(28)21-14-17(2)24-27(21)19-8-5-7-18(23)15-19/h3-9,14-15H,10-13H2,1-2H3. The molecule has 0 spiro atoms. The summed E-state index contributed by atoms with van der Waals surface area (Å²) >= 11 is 0. The minimum Gasteiger partial charge on any atom is -0.368 e. The lowest BCUT2D eigenvalue weighted by Gasteiger charge is -2.36. The molecule has 1 aromatic heterocycles. The minimum atomic E-state index is -0.351. The number of nitrogens with zero attached hydrogens (tertiary/aromatic N) is 4. The first-order chi connectivity index (χ1) is 13.5. The summed E-state index contributed by atoms with van der Waals surface area (Å²) in [5.74, 6) is -0.426. The number of hydrogen-bond donors (Lipinski definition) is 0. The summed E-state index contributed by atoms with van der Waals surface area (Å²) in [7, 11) is 0. The van der Waals surface area contributed by atoms with Crippen LogP contribution in [0.3, 0.4) is 0 Å². The van der Waals surface area contributed by atoms with E-state index < -0.39 is 0 Å². The summed E-state index contributed by atoms with van der Waals surface area (Å²) < 4.78 is 15.2. The normalized spacial score (nSPS) is 14.4. The summed E-state index contributed by atoms with van der Waals surface area (Å²) in [6, 6.07) is 16.2. The van der Waals surface area contributed by atoms with Crippen LogP contribution in [0, 0.1) is 19.7 Å². The number of aryl methyl sites for hydroxylation is 2. The van der Waals surface area contributed by atoms with Crippen LogP contribution in [0.1, 0.15) is 21.7 Å². The zero-order valence-electron chi connectivity index (χ0n) is 16.1. The van der Waals surface area contributed by atoms with Gasteiger partial charge in [-0.25, -0.2) is 9.07 Å². The molecule has 1 aliphatic rings. The van der Waals surface area contributed by atoms with Gasteiger partial charge in [0.15, 0.2) is 0 Å². The van der Waals surface area contributed by atoms with Gasteiger partial charge in [0, 0.05) is 31.9 Å². The average molecular weight is 378 g/mol. The molecular formula is C22H23FN4O. The molecule has 144 valence electrons. The van der Waals surface area contributed by atoms with Gasteiger partial charge in [-0.15, -0.1) is 0 Å². The molecule has 4 rings (SSSR count). The molecule has 5 nitrogen and oxygen atoms in total. The quantitative estimate of drug-likeness (QED) is 0.699. The zero-order valence-corrected chi connectivity index (χ0v) is 16.1. The van der Waals surface area contributed by atoms with Crippen molar-refractivity contribution in [2.75, 3.05) is 31.1 Å². The number of amides is 1. The first kappa shape index (κ1) is 18.2. The van der Waals surface area contributed by atoms with Crippen LogP contribution in [0.5, 0.6) is 0 Å². The Kier molecular flexibility index (Phi) is 4.86. The maximum absolute atomic E-state index is 13.6. The summed E-state index contributed by atoms with van der Waals surface area (Å²) in [5.41, 5.74) is 4.20. The molecule has 0 N–H and O–H groups in total. The molecule has 1 saturated heterocycles. The molecule has 2 heterocycles. The van der Waals surface area contributed by atoms with Gasteiger partial charge in [0.1, 0.15) is 11.5 Å². The van der Waals surface area contributed by atoms with Crippen molar-refractivity contribution in [1.82, 2.24) is 14.7 Å². The van der Waals surface area contributed by atoms with Crippen LogP contribution < -0.4 is 4.90 Å². The van der Waals surface area contributed by atoms with Gasteiger partial charge in [0.05, 0.1) is 11.4 Å². The third kappa shape index (κ3) is 3.50.